The van der Waals surface area contributed by atoms with Gasteiger partial charge in [-0.25, -0.2) is 4.79 Å². The molecule has 3 rings (SSSR count). The number of anilines is 1. The van der Waals surface area contributed by atoms with Crippen LogP contribution in [0.3, 0.4) is 0 Å². The van der Waals surface area contributed by atoms with Gasteiger partial charge in [-0.05, 0) is 17.7 Å². The number of rotatable bonds is 4. The molecule has 0 unspecified atom stereocenters. The van der Waals surface area contributed by atoms with Crippen LogP contribution in [0.1, 0.15) is 5.56 Å². The third kappa shape index (κ3) is 3.63. The smallest absolute Gasteiger partial charge is 0.414 e. The molecular formula is C18H19NO4. The maximum absolute atomic E-state index is 12.5. The van der Waals surface area contributed by atoms with E-state index in [9.17, 15) is 4.79 Å². The number of benzene rings is 2. The van der Waals surface area contributed by atoms with Crippen LogP contribution in [0.4, 0.5) is 10.5 Å². The molecule has 0 bridgehead atoms. The molecule has 0 fully saturated rings. The fourth-order valence-corrected chi connectivity index (χ4v) is 2.54. The van der Waals surface area contributed by atoms with E-state index in [2.05, 4.69) is 0 Å². The maximum Gasteiger partial charge on any atom is 0.414 e. The number of hydrogen-bond donors (Lipinski definition) is 0. The van der Waals surface area contributed by atoms with E-state index in [1.807, 2.05) is 54.6 Å². The summed E-state index contributed by atoms with van der Waals surface area (Å²) in [4.78, 5) is 14.1. The SMILES string of the molecule is COC[C@@H]1CN(C(=O)OCc2ccccc2)c2ccccc2O1. The fraction of sp³-hybridized carbons (Fsp3) is 0.278. The van der Waals surface area contributed by atoms with Gasteiger partial charge in [-0.3, -0.25) is 4.90 Å². The topological polar surface area (TPSA) is 48.0 Å². The Hall–Kier alpha value is -2.53. The molecule has 1 atom stereocenters. The molecule has 0 saturated carbocycles. The molecule has 2 aromatic carbocycles. The van der Waals surface area contributed by atoms with Gasteiger partial charge in [0.15, 0.2) is 0 Å². The van der Waals surface area contributed by atoms with E-state index < -0.39 is 0 Å². The van der Waals surface area contributed by atoms with Crippen molar-refractivity contribution in [2.24, 2.45) is 0 Å². The average molecular weight is 313 g/mol. The molecule has 0 aliphatic carbocycles. The number of carbonyl (C=O) groups is 1. The lowest BCUT2D eigenvalue weighted by Gasteiger charge is -2.33. The molecule has 1 heterocycles. The van der Waals surface area contributed by atoms with E-state index in [1.165, 1.54) is 0 Å². The first-order valence-electron chi connectivity index (χ1n) is 7.51. The number of carbonyl (C=O) groups excluding carboxylic acids is 1. The van der Waals surface area contributed by atoms with Crippen LogP contribution in [0.5, 0.6) is 5.75 Å². The Morgan fingerprint density at radius 3 is 2.70 bits per heavy atom. The summed E-state index contributed by atoms with van der Waals surface area (Å²) in [6.07, 6.45) is -0.593. The van der Waals surface area contributed by atoms with Crippen LogP contribution in [0.25, 0.3) is 0 Å². The van der Waals surface area contributed by atoms with Gasteiger partial charge in [-0.2, -0.15) is 0 Å². The Morgan fingerprint density at radius 2 is 1.91 bits per heavy atom. The molecule has 23 heavy (non-hydrogen) atoms. The normalized spacial score (nSPS) is 16.4. The summed E-state index contributed by atoms with van der Waals surface area (Å²) in [6, 6.07) is 17.1. The van der Waals surface area contributed by atoms with Crippen LogP contribution in [0.15, 0.2) is 54.6 Å². The first-order valence-corrected chi connectivity index (χ1v) is 7.51. The van der Waals surface area contributed by atoms with Crippen molar-refractivity contribution in [3.8, 4) is 5.75 Å². The summed E-state index contributed by atoms with van der Waals surface area (Å²) in [6.45, 7) is 1.06. The quantitative estimate of drug-likeness (QED) is 0.869. The Bertz CT molecular complexity index is 659. The van der Waals surface area contributed by atoms with Crippen LogP contribution in [0, 0.1) is 0 Å². The zero-order valence-electron chi connectivity index (χ0n) is 13.0. The van der Waals surface area contributed by atoms with E-state index in [1.54, 1.807) is 12.0 Å². The van der Waals surface area contributed by atoms with Crippen LogP contribution in [-0.4, -0.2) is 32.5 Å². The second-order valence-corrected chi connectivity index (χ2v) is 5.31. The molecule has 0 N–H and O–H groups in total. The molecule has 1 amide bonds. The third-order valence-electron chi connectivity index (χ3n) is 3.61. The van der Waals surface area contributed by atoms with Gasteiger partial charge in [0.2, 0.25) is 0 Å². The minimum absolute atomic E-state index is 0.209. The lowest BCUT2D eigenvalue weighted by atomic mass is 10.2. The number of ether oxygens (including phenoxy) is 3. The predicted octanol–water partition coefficient (Wildman–Crippen LogP) is 3.24. The third-order valence-corrected chi connectivity index (χ3v) is 3.61. The van der Waals surface area contributed by atoms with Crippen LogP contribution >= 0.6 is 0 Å². The summed E-state index contributed by atoms with van der Waals surface area (Å²) in [5.74, 6) is 0.664. The van der Waals surface area contributed by atoms with Crippen LogP contribution < -0.4 is 9.64 Å². The minimum Gasteiger partial charge on any atom is -0.484 e. The van der Waals surface area contributed by atoms with Gasteiger partial charge in [0.25, 0.3) is 0 Å². The fourth-order valence-electron chi connectivity index (χ4n) is 2.54. The van der Waals surface area contributed by atoms with Gasteiger partial charge in [0.05, 0.1) is 18.8 Å². The van der Waals surface area contributed by atoms with Gasteiger partial charge in [-0.1, -0.05) is 42.5 Å². The van der Waals surface area contributed by atoms with Crippen molar-refractivity contribution < 1.29 is 19.0 Å². The van der Waals surface area contributed by atoms with Crippen molar-refractivity contribution >= 4 is 11.8 Å². The second kappa shape index (κ2) is 7.15. The number of amides is 1. The van der Waals surface area contributed by atoms with Crippen molar-refractivity contribution in [2.45, 2.75) is 12.7 Å². The molecule has 0 spiro atoms. The average Bonchev–Trinajstić information content (AvgIpc) is 2.60. The molecule has 5 nitrogen and oxygen atoms in total. The Kier molecular flexibility index (Phi) is 4.78. The monoisotopic (exact) mass is 313 g/mol. The lowest BCUT2D eigenvalue weighted by Crippen LogP contribution is -2.45. The van der Waals surface area contributed by atoms with Gasteiger partial charge >= 0.3 is 6.09 Å². The van der Waals surface area contributed by atoms with Gasteiger partial charge in [0, 0.05) is 7.11 Å². The van der Waals surface area contributed by atoms with Crippen molar-refractivity contribution in [2.75, 3.05) is 25.2 Å². The molecule has 1 aliphatic heterocycles. The summed E-state index contributed by atoms with van der Waals surface area (Å²) >= 11 is 0. The predicted molar refractivity (Wildman–Crippen MR) is 86.7 cm³/mol. The summed E-state index contributed by atoms with van der Waals surface area (Å²) in [7, 11) is 1.61. The summed E-state index contributed by atoms with van der Waals surface area (Å²) < 4.78 is 16.4. The molecule has 0 saturated heterocycles. The molecule has 5 heteroatoms. The van der Waals surface area contributed by atoms with Crippen molar-refractivity contribution in [3.63, 3.8) is 0 Å². The summed E-state index contributed by atoms with van der Waals surface area (Å²) in [5, 5.41) is 0. The number of para-hydroxylation sites is 2. The van der Waals surface area contributed by atoms with Gasteiger partial charge in [0.1, 0.15) is 18.5 Å². The highest BCUT2D eigenvalue weighted by atomic mass is 16.6. The molecule has 2 aromatic rings. The standard InChI is InChI=1S/C18H19NO4/c1-21-13-15-11-19(16-9-5-6-10-17(16)23-15)18(20)22-12-14-7-3-2-4-8-14/h2-10,15H,11-13H2,1H3/t15-/m0/s1. The Balaban J connectivity index is 1.73. The highest BCUT2D eigenvalue weighted by Crippen LogP contribution is 2.33. The van der Waals surface area contributed by atoms with Crippen LogP contribution in [-0.2, 0) is 16.1 Å². The van der Waals surface area contributed by atoms with Crippen molar-refractivity contribution in [1.82, 2.24) is 0 Å². The van der Waals surface area contributed by atoms with E-state index >= 15 is 0 Å². The number of nitrogens with zero attached hydrogens (tertiary/aromatic N) is 1. The zero-order valence-corrected chi connectivity index (χ0v) is 13.0. The molecule has 0 aromatic heterocycles. The van der Waals surface area contributed by atoms with Crippen LogP contribution in [0.2, 0.25) is 0 Å². The van der Waals surface area contributed by atoms with Gasteiger partial charge < -0.3 is 14.2 Å². The first kappa shape index (κ1) is 15.4. The van der Waals surface area contributed by atoms with E-state index in [0.29, 0.717) is 18.9 Å². The maximum atomic E-state index is 12.5. The minimum atomic E-state index is -0.384. The van der Waals surface area contributed by atoms with Crippen molar-refractivity contribution in [1.29, 1.82) is 0 Å². The highest BCUT2D eigenvalue weighted by molar-refractivity contribution is 5.90. The molecule has 0 radical (unpaired) electrons. The molecular weight excluding hydrogens is 294 g/mol. The lowest BCUT2D eigenvalue weighted by molar-refractivity contribution is 0.0758. The first-order chi connectivity index (χ1) is 11.3. The highest BCUT2D eigenvalue weighted by Gasteiger charge is 2.30. The van der Waals surface area contributed by atoms with Gasteiger partial charge in [-0.15, -0.1) is 0 Å². The Morgan fingerprint density at radius 1 is 1.17 bits per heavy atom. The Labute approximate surface area is 135 Å². The second-order valence-electron chi connectivity index (χ2n) is 5.31. The van der Waals surface area contributed by atoms with Crippen molar-refractivity contribution in [3.05, 3.63) is 60.2 Å². The largest absolute Gasteiger partial charge is 0.484 e. The van der Waals surface area contributed by atoms with E-state index in [-0.39, 0.29) is 18.8 Å². The molecule has 120 valence electrons. The number of hydrogen-bond acceptors (Lipinski definition) is 4. The van der Waals surface area contributed by atoms with E-state index in [4.69, 9.17) is 14.2 Å². The van der Waals surface area contributed by atoms with E-state index in [0.717, 1.165) is 11.3 Å². The number of methoxy groups -OCH3 is 1. The summed E-state index contributed by atoms with van der Waals surface area (Å²) in [5.41, 5.74) is 1.67. The number of fused-ring (bicyclic) bond motifs is 1. The zero-order chi connectivity index (χ0) is 16.1. The molecule has 1 aliphatic rings.